The first-order chi connectivity index (χ1) is 11.7. The Balaban J connectivity index is 2.52. The lowest BCUT2D eigenvalue weighted by molar-refractivity contribution is -0.116. The van der Waals surface area contributed by atoms with Crippen molar-refractivity contribution in [3.8, 4) is 11.8 Å². The van der Waals surface area contributed by atoms with Gasteiger partial charge in [-0.25, -0.2) is 13.6 Å². The normalized spacial score (nSPS) is 11.9. The van der Waals surface area contributed by atoms with Crippen molar-refractivity contribution < 1.29 is 13.2 Å². The molecule has 25 heavy (non-hydrogen) atoms. The fourth-order valence-electron chi connectivity index (χ4n) is 2.55. The highest BCUT2D eigenvalue weighted by molar-refractivity contribution is 7.89. The number of benzene rings is 1. The number of nitrogens with zero attached hydrogens (tertiary/aromatic N) is 2. The minimum absolute atomic E-state index is 0.00678. The summed E-state index contributed by atoms with van der Waals surface area (Å²) in [6.07, 6.45) is 1.52. The van der Waals surface area contributed by atoms with E-state index in [0.717, 1.165) is 22.6 Å². The summed E-state index contributed by atoms with van der Waals surface area (Å²) in [7, 11) is -2.29. The van der Waals surface area contributed by atoms with Crippen LogP contribution < -0.4 is 10.5 Å². The Morgan fingerprint density at radius 1 is 1.28 bits per heavy atom. The summed E-state index contributed by atoms with van der Waals surface area (Å²) in [5, 5.41) is 16.7. The second-order valence-corrected chi connectivity index (χ2v) is 7.01. The van der Waals surface area contributed by atoms with Crippen molar-refractivity contribution in [3.63, 3.8) is 0 Å². The summed E-state index contributed by atoms with van der Waals surface area (Å²) in [5.41, 5.74) is 3.18. The van der Waals surface area contributed by atoms with Gasteiger partial charge in [-0.2, -0.15) is 5.26 Å². The quantitative estimate of drug-likeness (QED) is 0.634. The SMILES string of the molecule is CNC(=O)C(C#N)=Cc1cc(C)n(-c2ccc(S(N)(=O)=O)cc2)c1C. The molecule has 0 spiro atoms. The average molecular weight is 358 g/mol. The van der Waals surface area contributed by atoms with Crippen molar-refractivity contribution in [2.45, 2.75) is 18.7 Å². The van der Waals surface area contributed by atoms with Crippen molar-refractivity contribution >= 4 is 22.0 Å². The van der Waals surface area contributed by atoms with Crippen LogP contribution >= 0.6 is 0 Å². The van der Waals surface area contributed by atoms with Crippen LogP contribution in [0.5, 0.6) is 0 Å². The van der Waals surface area contributed by atoms with Crippen molar-refractivity contribution in [3.05, 3.63) is 52.9 Å². The van der Waals surface area contributed by atoms with E-state index in [1.54, 1.807) is 12.1 Å². The number of aryl methyl sites for hydroxylation is 1. The Hall–Kier alpha value is -2.89. The molecule has 0 aliphatic carbocycles. The zero-order chi connectivity index (χ0) is 18.8. The molecule has 0 radical (unpaired) electrons. The molecule has 3 N–H and O–H groups in total. The first-order valence-corrected chi connectivity index (χ1v) is 8.89. The molecule has 8 heteroatoms. The number of nitriles is 1. The lowest BCUT2D eigenvalue weighted by Crippen LogP contribution is -2.19. The Bertz CT molecular complexity index is 994. The van der Waals surface area contributed by atoms with E-state index < -0.39 is 15.9 Å². The van der Waals surface area contributed by atoms with Gasteiger partial charge in [-0.1, -0.05) is 0 Å². The standard InChI is InChI=1S/C17H18N4O3S/c1-11-8-13(9-14(10-18)17(22)20-3)12(2)21(11)15-4-6-16(7-5-15)25(19,23)24/h4-9H,1-3H3,(H,20,22)(H2,19,23,24). The Kier molecular flexibility index (Phi) is 5.11. The van der Waals surface area contributed by atoms with Gasteiger partial charge in [0.25, 0.3) is 5.91 Å². The lowest BCUT2D eigenvalue weighted by atomic mass is 10.1. The zero-order valence-corrected chi connectivity index (χ0v) is 14.9. The number of hydrogen-bond acceptors (Lipinski definition) is 4. The van der Waals surface area contributed by atoms with Crippen LogP contribution in [0.3, 0.4) is 0 Å². The third-order valence-corrected chi connectivity index (χ3v) is 4.71. The fraction of sp³-hybridized carbons (Fsp3) is 0.176. The first kappa shape index (κ1) is 18.4. The van der Waals surface area contributed by atoms with E-state index in [4.69, 9.17) is 10.4 Å². The van der Waals surface area contributed by atoms with Gasteiger partial charge in [-0.3, -0.25) is 4.79 Å². The number of carbonyl (C=O) groups excluding carboxylic acids is 1. The Morgan fingerprint density at radius 2 is 1.88 bits per heavy atom. The molecule has 0 bridgehead atoms. The van der Waals surface area contributed by atoms with Crippen molar-refractivity contribution in [2.75, 3.05) is 7.05 Å². The van der Waals surface area contributed by atoms with E-state index in [2.05, 4.69) is 5.32 Å². The highest BCUT2D eigenvalue weighted by Gasteiger charge is 2.14. The van der Waals surface area contributed by atoms with Crippen LogP contribution in [0.1, 0.15) is 17.0 Å². The van der Waals surface area contributed by atoms with Gasteiger partial charge >= 0.3 is 0 Å². The summed E-state index contributed by atoms with van der Waals surface area (Å²) in [5.74, 6) is -0.454. The molecule has 0 saturated carbocycles. The third-order valence-electron chi connectivity index (χ3n) is 3.79. The van der Waals surface area contributed by atoms with Gasteiger partial charge in [0, 0.05) is 24.1 Å². The van der Waals surface area contributed by atoms with E-state index in [1.165, 1.54) is 25.3 Å². The summed E-state index contributed by atoms with van der Waals surface area (Å²) in [4.78, 5) is 11.7. The smallest absolute Gasteiger partial charge is 0.261 e. The molecule has 1 amide bonds. The van der Waals surface area contributed by atoms with Gasteiger partial charge < -0.3 is 9.88 Å². The second-order valence-electron chi connectivity index (χ2n) is 5.45. The highest BCUT2D eigenvalue weighted by atomic mass is 32.2. The van der Waals surface area contributed by atoms with Crippen LogP contribution in [-0.2, 0) is 14.8 Å². The number of aromatic nitrogens is 1. The molecule has 1 aromatic carbocycles. The predicted octanol–water partition coefficient (Wildman–Crippen LogP) is 1.39. The molecule has 0 unspecified atom stereocenters. The van der Waals surface area contributed by atoms with E-state index >= 15 is 0 Å². The van der Waals surface area contributed by atoms with Crippen LogP contribution in [0.15, 0.2) is 40.8 Å². The molecular weight excluding hydrogens is 340 g/mol. The molecule has 130 valence electrons. The van der Waals surface area contributed by atoms with Gasteiger partial charge in [0.15, 0.2) is 0 Å². The summed E-state index contributed by atoms with van der Waals surface area (Å²) in [6.45, 7) is 3.73. The molecule has 0 aliphatic heterocycles. The maximum atomic E-state index is 11.7. The molecule has 2 rings (SSSR count). The van der Waals surface area contributed by atoms with Gasteiger partial charge in [-0.15, -0.1) is 0 Å². The van der Waals surface area contributed by atoms with E-state index in [0.29, 0.717) is 0 Å². The average Bonchev–Trinajstić information content (AvgIpc) is 2.85. The van der Waals surface area contributed by atoms with Crippen LogP contribution in [0.4, 0.5) is 0 Å². The monoisotopic (exact) mass is 358 g/mol. The number of carbonyl (C=O) groups is 1. The molecule has 0 aliphatic rings. The lowest BCUT2D eigenvalue weighted by Gasteiger charge is -2.10. The molecule has 2 aromatic rings. The minimum atomic E-state index is -3.75. The highest BCUT2D eigenvalue weighted by Crippen LogP contribution is 2.23. The number of primary sulfonamides is 1. The number of hydrogen-bond donors (Lipinski definition) is 2. The fourth-order valence-corrected chi connectivity index (χ4v) is 3.07. The number of nitrogens with one attached hydrogen (secondary N) is 1. The number of nitrogens with two attached hydrogens (primary N) is 1. The van der Waals surface area contributed by atoms with Crippen LogP contribution in [0.2, 0.25) is 0 Å². The van der Waals surface area contributed by atoms with E-state index in [9.17, 15) is 13.2 Å². The zero-order valence-electron chi connectivity index (χ0n) is 14.1. The van der Waals surface area contributed by atoms with Crippen molar-refractivity contribution in [2.24, 2.45) is 5.14 Å². The number of sulfonamides is 1. The van der Waals surface area contributed by atoms with Gasteiger partial charge in [0.1, 0.15) is 11.6 Å². The first-order valence-electron chi connectivity index (χ1n) is 7.35. The van der Waals surface area contributed by atoms with E-state index in [1.807, 2.05) is 30.6 Å². The molecule has 0 atom stereocenters. The maximum absolute atomic E-state index is 11.7. The number of likely N-dealkylation sites (N-methyl/N-ethyl adjacent to an activating group) is 1. The van der Waals surface area contributed by atoms with Gasteiger partial charge in [0.05, 0.1) is 4.90 Å². The van der Waals surface area contributed by atoms with Crippen LogP contribution in [0, 0.1) is 25.2 Å². The second kappa shape index (κ2) is 6.93. The van der Waals surface area contributed by atoms with Crippen LogP contribution in [0.25, 0.3) is 11.8 Å². The number of rotatable bonds is 4. The van der Waals surface area contributed by atoms with Gasteiger partial charge in [-0.05, 0) is 55.8 Å². The predicted molar refractivity (Wildman–Crippen MR) is 94.3 cm³/mol. The largest absolute Gasteiger partial charge is 0.354 e. The summed E-state index contributed by atoms with van der Waals surface area (Å²) >= 11 is 0. The molecule has 1 aromatic heterocycles. The number of amides is 1. The molecule has 0 fully saturated rings. The summed E-state index contributed by atoms with van der Waals surface area (Å²) in [6, 6.07) is 9.90. The van der Waals surface area contributed by atoms with E-state index in [-0.39, 0.29) is 10.5 Å². The molecule has 7 nitrogen and oxygen atoms in total. The van der Waals surface area contributed by atoms with Gasteiger partial charge in [0.2, 0.25) is 10.0 Å². The molecule has 1 heterocycles. The topological polar surface area (TPSA) is 118 Å². The van der Waals surface area contributed by atoms with Crippen molar-refractivity contribution in [1.82, 2.24) is 9.88 Å². The maximum Gasteiger partial charge on any atom is 0.261 e. The Morgan fingerprint density at radius 3 is 2.36 bits per heavy atom. The Labute approximate surface area is 146 Å². The van der Waals surface area contributed by atoms with Crippen LogP contribution in [-0.4, -0.2) is 25.9 Å². The third kappa shape index (κ3) is 3.79. The molecular formula is C17H18N4O3S. The summed E-state index contributed by atoms with van der Waals surface area (Å²) < 4.78 is 24.6. The van der Waals surface area contributed by atoms with Crippen molar-refractivity contribution in [1.29, 1.82) is 5.26 Å². The minimum Gasteiger partial charge on any atom is -0.354 e. The molecule has 0 saturated heterocycles.